The second-order valence-corrected chi connectivity index (χ2v) is 7.48. The first-order valence-electron chi connectivity index (χ1n) is 9.73. The van der Waals surface area contributed by atoms with Crippen molar-refractivity contribution in [1.29, 1.82) is 0 Å². The van der Waals surface area contributed by atoms with Gasteiger partial charge >= 0.3 is 0 Å². The molecule has 2 aromatic carbocycles. The molecule has 7 heteroatoms. The molecule has 1 aromatic heterocycles. The van der Waals surface area contributed by atoms with E-state index in [4.69, 9.17) is 21.1 Å². The van der Waals surface area contributed by atoms with Crippen molar-refractivity contribution in [2.24, 2.45) is 0 Å². The molecular formula is C24H20ClFN2O3. The summed E-state index contributed by atoms with van der Waals surface area (Å²) in [5, 5.41) is 3.23. The van der Waals surface area contributed by atoms with Gasteiger partial charge in [0.05, 0.1) is 18.7 Å². The number of fused-ring (bicyclic) bond motifs is 1. The molecule has 1 aliphatic heterocycles. The summed E-state index contributed by atoms with van der Waals surface area (Å²) in [6.07, 6.45) is 6.79. The number of halogens is 2. The van der Waals surface area contributed by atoms with Crippen molar-refractivity contribution in [3.05, 3.63) is 82.9 Å². The molecule has 158 valence electrons. The van der Waals surface area contributed by atoms with Crippen LogP contribution in [0.4, 0.5) is 4.39 Å². The van der Waals surface area contributed by atoms with Gasteiger partial charge in [0, 0.05) is 36.0 Å². The van der Waals surface area contributed by atoms with Crippen LogP contribution in [0, 0.1) is 5.82 Å². The largest absolute Gasteiger partial charge is 0.494 e. The topological polar surface area (TPSA) is 60.5 Å². The molecule has 4 rings (SSSR count). The summed E-state index contributed by atoms with van der Waals surface area (Å²) in [5.74, 6) is 0.0713. The SMILES string of the molecule is COc1cccc(-c2cc(Cl)c3c(c2)CC(CNC(=O)/C=C/c2cccnc2)O3)c1F. The quantitative estimate of drug-likeness (QED) is 0.567. The van der Waals surface area contributed by atoms with Gasteiger partial charge in [0.15, 0.2) is 11.6 Å². The van der Waals surface area contributed by atoms with Gasteiger partial charge in [0.2, 0.25) is 5.91 Å². The summed E-state index contributed by atoms with van der Waals surface area (Å²) in [4.78, 5) is 16.1. The monoisotopic (exact) mass is 438 g/mol. The molecule has 0 aliphatic carbocycles. The smallest absolute Gasteiger partial charge is 0.244 e. The highest BCUT2D eigenvalue weighted by Gasteiger charge is 2.27. The van der Waals surface area contributed by atoms with Gasteiger partial charge in [-0.2, -0.15) is 0 Å². The van der Waals surface area contributed by atoms with E-state index >= 15 is 0 Å². The lowest BCUT2D eigenvalue weighted by Crippen LogP contribution is -2.33. The lowest BCUT2D eigenvalue weighted by atomic mass is 10.00. The van der Waals surface area contributed by atoms with E-state index in [2.05, 4.69) is 10.3 Å². The Labute approximate surface area is 184 Å². The summed E-state index contributed by atoms with van der Waals surface area (Å²) in [5.41, 5.74) is 2.76. The first-order valence-corrected chi connectivity index (χ1v) is 10.1. The number of methoxy groups -OCH3 is 1. The molecule has 0 radical (unpaired) electrons. The third-order valence-electron chi connectivity index (χ3n) is 4.96. The zero-order valence-electron chi connectivity index (χ0n) is 16.8. The van der Waals surface area contributed by atoms with Crippen LogP contribution in [0.25, 0.3) is 17.2 Å². The third-order valence-corrected chi connectivity index (χ3v) is 5.24. The van der Waals surface area contributed by atoms with Crippen molar-refractivity contribution in [2.45, 2.75) is 12.5 Å². The summed E-state index contributed by atoms with van der Waals surface area (Å²) in [6.45, 7) is 0.323. The van der Waals surface area contributed by atoms with Gasteiger partial charge in [-0.05, 0) is 41.5 Å². The summed E-state index contributed by atoms with van der Waals surface area (Å²) in [6, 6.07) is 12.2. The Balaban J connectivity index is 1.43. The summed E-state index contributed by atoms with van der Waals surface area (Å²) in [7, 11) is 1.43. The van der Waals surface area contributed by atoms with Gasteiger partial charge in [0.25, 0.3) is 0 Å². The Bertz CT molecular complexity index is 1140. The number of hydrogen-bond acceptors (Lipinski definition) is 4. The zero-order chi connectivity index (χ0) is 21.8. The molecule has 1 amide bonds. The number of aromatic nitrogens is 1. The van der Waals surface area contributed by atoms with Gasteiger partial charge < -0.3 is 14.8 Å². The van der Waals surface area contributed by atoms with Crippen molar-refractivity contribution in [3.63, 3.8) is 0 Å². The highest BCUT2D eigenvalue weighted by molar-refractivity contribution is 6.32. The van der Waals surface area contributed by atoms with Crippen LogP contribution in [0.5, 0.6) is 11.5 Å². The predicted octanol–water partition coefficient (Wildman–Crippen LogP) is 4.68. The minimum Gasteiger partial charge on any atom is -0.494 e. The molecule has 0 fully saturated rings. The minimum absolute atomic E-state index is 0.172. The second-order valence-electron chi connectivity index (χ2n) is 7.08. The number of ether oxygens (including phenoxy) is 2. The fourth-order valence-electron chi connectivity index (χ4n) is 3.47. The number of nitrogens with one attached hydrogen (secondary N) is 1. The molecule has 0 bridgehead atoms. The van der Waals surface area contributed by atoms with Crippen LogP contribution in [-0.4, -0.2) is 30.6 Å². The first-order chi connectivity index (χ1) is 15.0. The molecule has 1 aliphatic rings. The number of pyridine rings is 1. The van der Waals surface area contributed by atoms with Crippen molar-refractivity contribution in [3.8, 4) is 22.6 Å². The normalized spacial score (nSPS) is 14.9. The number of benzene rings is 2. The molecule has 1 unspecified atom stereocenters. The van der Waals surface area contributed by atoms with Crippen LogP contribution in [0.3, 0.4) is 0 Å². The molecule has 31 heavy (non-hydrogen) atoms. The second kappa shape index (κ2) is 9.18. The molecule has 0 spiro atoms. The Morgan fingerprint density at radius 1 is 1.35 bits per heavy atom. The average Bonchev–Trinajstić information content (AvgIpc) is 3.21. The fraction of sp³-hybridized carbons (Fsp3) is 0.167. The Hall–Kier alpha value is -3.38. The highest BCUT2D eigenvalue weighted by atomic mass is 35.5. The van der Waals surface area contributed by atoms with Crippen LogP contribution >= 0.6 is 11.6 Å². The number of amides is 1. The fourth-order valence-corrected chi connectivity index (χ4v) is 3.75. The molecule has 0 saturated carbocycles. The molecule has 2 heterocycles. The van der Waals surface area contributed by atoms with E-state index < -0.39 is 5.82 Å². The van der Waals surface area contributed by atoms with Gasteiger partial charge in [-0.1, -0.05) is 29.8 Å². The van der Waals surface area contributed by atoms with Crippen LogP contribution in [0.1, 0.15) is 11.1 Å². The van der Waals surface area contributed by atoms with E-state index in [0.29, 0.717) is 34.9 Å². The van der Waals surface area contributed by atoms with E-state index in [1.54, 1.807) is 48.8 Å². The lowest BCUT2D eigenvalue weighted by Gasteiger charge is -2.12. The molecule has 0 saturated heterocycles. The van der Waals surface area contributed by atoms with Crippen LogP contribution < -0.4 is 14.8 Å². The number of nitrogens with zero attached hydrogens (tertiary/aromatic N) is 1. The Morgan fingerprint density at radius 3 is 3.00 bits per heavy atom. The van der Waals surface area contributed by atoms with Crippen molar-refractivity contribution in [2.75, 3.05) is 13.7 Å². The van der Waals surface area contributed by atoms with Gasteiger partial charge in [-0.25, -0.2) is 4.39 Å². The molecular weight excluding hydrogens is 419 g/mol. The van der Waals surface area contributed by atoms with E-state index in [1.807, 2.05) is 12.1 Å². The maximum Gasteiger partial charge on any atom is 0.244 e. The number of hydrogen-bond donors (Lipinski definition) is 1. The molecule has 1 atom stereocenters. The summed E-state index contributed by atoms with van der Waals surface area (Å²) < 4.78 is 25.7. The zero-order valence-corrected chi connectivity index (χ0v) is 17.5. The maximum absolute atomic E-state index is 14.7. The van der Waals surface area contributed by atoms with Crippen LogP contribution in [0.15, 0.2) is 60.9 Å². The van der Waals surface area contributed by atoms with E-state index in [9.17, 15) is 9.18 Å². The van der Waals surface area contributed by atoms with Crippen molar-refractivity contribution >= 4 is 23.6 Å². The van der Waals surface area contributed by atoms with Crippen molar-refractivity contribution < 1.29 is 18.7 Å². The number of carbonyl (C=O) groups is 1. The van der Waals surface area contributed by atoms with Gasteiger partial charge in [0.1, 0.15) is 11.9 Å². The molecule has 1 N–H and O–H groups in total. The third kappa shape index (κ3) is 4.70. The molecule has 3 aromatic rings. The van der Waals surface area contributed by atoms with E-state index in [1.165, 1.54) is 13.2 Å². The predicted molar refractivity (Wildman–Crippen MR) is 118 cm³/mol. The molecule has 5 nitrogen and oxygen atoms in total. The maximum atomic E-state index is 14.7. The number of rotatable bonds is 6. The lowest BCUT2D eigenvalue weighted by molar-refractivity contribution is -0.116. The standard InChI is InChI=1S/C24H20ClFN2O3/c1-30-21-6-2-5-19(23(21)26)16-10-17-11-18(31-24(17)20(25)12-16)14-28-22(29)8-7-15-4-3-9-27-13-15/h2-10,12-13,18H,11,14H2,1H3,(H,28,29)/b8-7+. The van der Waals surface area contributed by atoms with E-state index in [-0.39, 0.29) is 17.8 Å². The summed E-state index contributed by atoms with van der Waals surface area (Å²) >= 11 is 6.41. The van der Waals surface area contributed by atoms with Gasteiger partial charge in [-0.3, -0.25) is 9.78 Å². The van der Waals surface area contributed by atoms with Crippen molar-refractivity contribution in [1.82, 2.24) is 10.3 Å². The first kappa shape index (κ1) is 20.9. The highest BCUT2D eigenvalue weighted by Crippen LogP contribution is 2.40. The van der Waals surface area contributed by atoms with E-state index in [0.717, 1.165) is 11.1 Å². The minimum atomic E-state index is -0.441. The van der Waals surface area contributed by atoms with Crippen LogP contribution in [0.2, 0.25) is 5.02 Å². The Morgan fingerprint density at radius 2 is 2.23 bits per heavy atom. The number of carbonyl (C=O) groups excluding carboxylic acids is 1. The van der Waals surface area contributed by atoms with Gasteiger partial charge in [-0.15, -0.1) is 0 Å². The van der Waals surface area contributed by atoms with Crippen LogP contribution in [-0.2, 0) is 11.2 Å². The Kier molecular flexibility index (Phi) is 6.18. The average molecular weight is 439 g/mol.